The van der Waals surface area contributed by atoms with Crippen molar-refractivity contribution < 1.29 is 14.3 Å². The number of aromatic nitrogens is 2. The zero-order valence-corrected chi connectivity index (χ0v) is 13.8. The van der Waals surface area contributed by atoms with Gasteiger partial charge in [0, 0.05) is 12.7 Å². The fraction of sp³-hybridized carbons (Fsp3) is 0.444. The summed E-state index contributed by atoms with van der Waals surface area (Å²) in [5, 5.41) is 4.35. The van der Waals surface area contributed by atoms with E-state index in [1.165, 1.54) is 0 Å². The summed E-state index contributed by atoms with van der Waals surface area (Å²) in [5.41, 5.74) is 1.73. The zero-order chi connectivity index (χ0) is 16.5. The number of carbonyl (C=O) groups excluding carboxylic acids is 1. The Hall–Kier alpha value is -2.50. The van der Waals surface area contributed by atoms with Crippen molar-refractivity contribution in [1.82, 2.24) is 14.7 Å². The molecule has 3 heterocycles. The number of hydrogen-bond acceptors (Lipinski definition) is 4. The summed E-state index contributed by atoms with van der Waals surface area (Å²) in [6.45, 7) is 4.53. The van der Waals surface area contributed by atoms with Crippen molar-refractivity contribution in [3.8, 4) is 11.5 Å². The van der Waals surface area contributed by atoms with Crippen LogP contribution in [0.3, 0.4) is 0 Å². The molecule has 2 aliphatic heterocycles. The number of nitrogens with zero attached hydrogens (tertiary/aromatic N) is 3. The fourth-order valence-electron chi connectivity index (χ4n) is 3.47. The van der Waals surface area contributed by atoms with Crippen molar-refractivity contribution >= 4 is 5.91 Å². The highest BCUT2D eigenvalue weighted by atomic mass is 16.6. The number of carbonyl (C=O) groups is 1. The van der Waals surface area contributed by atoms with Gasteiger partial charge in [0.2, 0.25) is 0 Å². The van der Waals surface area contributed by atoms with Gasteiger partial charge >= 0.3 is 0 Å². The molecule has 0 bridgehead atoms. The number of rotatable bonds is 3. The van der Waals surface area contributed by atoms with Crippen molar-refractivity contribution in [3.05, 3.63) is 41.7 Å². The van der Waals surface area contributed by atoms with Crippen molar-refractivity contribution in [2.75, 3.05) is 19.8 Å². The highest BCUT2D eigenvalue weighted by molar-refractivity contribution is 5.98. The topological polar surface area (TPSA) is 56.6 Å². The molecule has 0 saturated carbocycles. The van der Waals surface area contributed by atoms with Gasteiger partial charge in [-0.25, -0.2) is 0 Å². The maximum absolute atomic E-state index is 13.1. The molecule has 1 saturated heterocycles. The van der Waals surface area contributed by atoms with E-state index in [1.54, 1.807) is 0 Å². The van der Waals surface area contributed by atoms with Gasteiger partial charge in [0.1, 0.15) is 13.2 Å². The SMILES string of the molecule is Cc1cnn(C[C@H]2CCCN2C(=O)c2cccc3c2OCCO3)c1. The van der Waals surface area contributed by atoms with Crippen LogP contribution in [0.1, 0.15) is 28.8 Å². The Morgan fingerprint density at radius 1 is 1.33 bits per heavy atom. The first-order chi connectivity index (χ1) is 11.7. The second kappa shape index (κ2) is 6.19. The van der Waals surface area contributed by atoms with Crippen molar-refractivity contribution in [2.45, 2.75) is 32.4 Å². The Kier molecular flexibility index (Phi) is 3.88. The predicted octanol–water partition coefficient (Wildman–Crippen LogP) is 2.27. The second-order valence-electron chi connectivity index (χ2n) is 6.36. The Balaban J connectivity index is 1.57. The molecular formula is C18H21N3O3. The van der Waals surface area contributed by atoms with Gasteiger partial charge in [-0.05, 0) is 37.5 Å². The Bertz CT molecular complexity index is 756. The largest absolute Gasteiger partial charge is 0.486 e. The molecular weight excluding hydrogens is 306 g/mol. The average Bonchev–Trinajstić information content (AvgIpc) is 3.23. The Morgan fingerprint density at radius 2 is 2.21 bits per heavy atom. The predicted molar refractivity (Wildman–Crippen MR) is 88.5 cm³/mol. The van der Waals surface area contributed by atoms with E-state index in [-0.39, 0.29) is 11.9 Å². The van der Waals surface area contributed by atoms with E-state index >= 15 is 0 Å². The van der Waals surface area contributed by atoms with Gasteiger partial charge in [-0.2, -0.15) is 5.10 Å². The van der Waals surface area contributed by atoms with Gasteiger partial charge in [0.05, 0.1) is 24.3 Å². The average molecular weight is 327 g/mol. The molecule has 1 amide bonds. The molecule has 0 radical (unpaired) electrons. The molecule has 126 valence electrons. The van der Waals surface area contributed by atoms with Gasteiger partial charge in [-0.1, -0.05) is 6.07 Å². The van der Waals surface area contributed by atoms with Crippen LogP contribution in [0.4, 0.5) is 0 Å². The molecule has 1 fully saturated rings. The van der Waals surface area contributed by atoms with Crippen LogP contribution in [-0.2, 0) is 6.54 Å². The van der Waals surface area contributed by atoms with Crippen LogP contribution < -0.4 is 9.47 Å². The van der Waals surface area contributed by atoms with E-state index in [0.717, 1.165) is 31.5 Å². The van der Waals surface area contributed by atoms with Gasteiger partial charge in [0.15, 0.2) is 11.5 Å². The lowest BCUT2D eigenvalue weighted by Crippen LogP contribution is -2.38. The molecule has 6 heteroatoms. The van der Waals surface area contributed by atoms with E-state index in [2.05, 4.69) is 5.10 Å². The third kappa shape index (κ3) is 2.72. The molecule has 2 aromatic rings. The van der Waals surface area contributed by atoms with Crippen molar-refractivity contribution in [2.24, 2.45) is 0 Å². The number of para-hydroxylation sites is 1. The number of aryl methyl sites for hydroxylation is 1. The molecule has 2 aliphatic rings. The van der Waals surface area contributed by atoms with Crippen LogP contribution in [0.25, 0.3) is 0 Å². The number of ether oxygens (including phenoxy) is 2. The summed E-state index contributed by atoms with van der Waals surface area (Å²) in [6.07, 6.45) is 5.88. The van der Waals surface area contributed by atoms with E-state index in [9.17, 15) is 4.79 Å². The van der Waals surface area contributed by atoms with Crippen molar-refractivity contribution in [1.29, 1.82) is 0 Å². The molecule has 1 aromatic carbocycles. The first-order valence-corrected chi connectivity index (χ1v) is 8.41. The Morgan fingerprint density at radius 3 is 3.04 bits per heavy atom. The summed E-state index contributed by atoms with van der Waals surface area (Å²) in [6, 6.07) is 5.68. The lowest BCUT2D eigenvalue weighted by atomic mass is 10.1. The third-order valence-corrected chi connectivity index (χ3v) is 4.59. The molecule has 0 unspecified atom stereocenters. The first kappa shape index (κ1) is 15.1. The zero-order valence-electron chi connectivity index (χ0n) is 13.8. The lowest BCUT2D eigenvalue weighted by Gasteiger charge is -2.27. The molecule has 1 atom stereocenters. The summed E-state index contributed by atoms with van der Waals surface area (Å²) in [4.78, 5) is 15.0. The van der Waals surface area contributed by atoms with Crippen LogP contribution in [-0.4, -0.2) is 46.4 Å². The summed E-state index contributed by atoms with van der Waals surface area (Å²) in [5.74, 6) is 1.25. The van der Waals surface area contributed by atoms with Gasteiger partial charge in [-0.3, -0.25) is 9.48 Å². The highest BCUT2D eigenvalue weighted by Crippen LogP contribution is 2.35. The van der Waals surface area contributed by atoms with Crippen LogP contribution in [0.15, 0.2) is 30.6 Å². The standard InChI is InChI=1S/C18H21N3O3/c1-13-10-19-20(11-13)12-14-4-3-7-21(14)18(22)15-5-2-6-16-17(15)24-9-8-23-16/h2,5-6,10-11,14H,3-4,7-9,12H2,1H3/t14-/m1/s1. The second-order valence-corrected chi connectivity index (χ2v) is 6.36. The number of benzene rings is 1. The Labute approximate surface area is 141 Å². The molecule has 0 aliphatic carbocycles. The first-order valence-electron chi connectivity index (χ1n) is 8.41. The lowest BCUT2D eigenvalue weighted by molar-refractivity contribution is 0.0711. The van der Waals surface area contributed by atoms with Gasteiger partial charge in [-0.15, -0.1) is 0 Å². The number of likely N-dealkylation sites (tertiary alicyclic amines) is 1. The number of hydrogen-bond donors (Lipinski definition) is 0. The minimum absolute atomic E-state index is 0.0173. The molecule has 1 aromatic heterocycles. The quantitative estimate of drug-likeness (QED) is 0.868. The number of fused-ring (bicyclic) bond motifs is 1. The monoisotopic (exact) mass is 327 g/mol. The van der Waals surface area contributed by atoms with E-state index in [1.807, 2.05) is 47.1 Å². The summed E-state index contributed by atoms with van der Waals surface area (Å²) in [7, 11) is 0. The molecule has 6 nitrogen and oxygen atoms in total. The third-order valence-electron chi connectivity index (χ3n) is 4.59. The van der Waals surface area contributed by atoms with Gasteiger partial charge in [0.25, 0.3) is 5.91 Å². The van der Waals surface area contributed by atoms with Crippen LogP contribution in [0.5, 0.6) is 11.5 Å². The highest BCUT2D eigenvalue weighted by Gasteiger charge is 2.32. The van der Waals surface area contributed by atoms with Crippen LogP contribution in [0.2, 0.25) is 0 Å². The maximum Gasteiger partial charge on any atom is 0.258 e. The van der Waals surface area contributed by atoms with Gasteiger partial charge < -0.3 is 14.4 Å². The molecule has 24 heavy (non-hydrogen) atoms. The summed E-state index contributed by atoms with van der Waals surface area (Å²) < 4.78 is 13.2. The van der Waals surface area contributed by atoms with Crippen LogP contribution in [0, 0.1) is 6.92 Å². The molecule has 0 N–H and O–H groups in total. The molecule has 4 rings (SSSR count). The number of amides is 1. The van der Waals surface area contributed by atoms with E-state index in [0.29, 0.717) is 30.3 Å². The smallest absolute Gasteiger partial charge is 0.258 e. The minimum Gasteiger partial charge on any atom is -0.486 e. The summed E-state index contributed by atoms with van der Waals surface area (Å²) >= 11 is 0. The molecule has 0 spiro atoms. The van der Waals surface area contributed by atoms with E-state index < -0.39 is 0 Å². The fourth-order valence-corrected chi connectivity index (χ4v) is 3.47. The normalized spacial score (nSPS) is 19.5. The van der Waals surface area contributed by atoms with E-state index in [4.69, 9.17) is 9.47 Å². The van der Waals surface area contributed by atoms with Crippen LogP contribution >= 0.6 is 0 Å². The maximum atomic E-state index is 13.1. The van der Waals surface area contributed by atoms with Crippen molar-refractivity contribution in [3.63, 3.8) is 0 Å². The minimum atomic E-state index is 0.0173.